The van der Waals surface area contributed by atoms with Crippen LogP contribution in [0.2, 0.25) is 0 Å². The summed E-state index contributed by atoms with van der Waals surface area (Å²) >= 11 is 0. The summed E-state index contributed by atoms with van der Waals surface area (Å²) in [6.45, 7) is 1.69. The maximum absolute atomic E-state index is 9.35. The number of aliphatic hydroxyl groups is 2. The van der Waals surface area contributed by atoms with Gasteiger partial charge in [0.1, 0.15) is 6.10 Å². The van der Waals surface area contributed by atoms with Crippen LogP contribution in [-0.4, -0.2) is 48.5 Å². The molecule has 0 radical (unpaired) electrons. The smallest absolute Gasteiger partial charge is 0.170 e. The molecule has 0 spiro atoms. The van der Waals surface area contributed by atoms with Crippen LogP contribution >= 0.6 is 0 Å². The van der Waals surface area contributed by atoms with Gasteiger partial charge >= 0.3 is 0 Å². The van der Waals surface area contributed by atoms with Crippen LogP contribution in [0.25, 0.3) is 0 Å². The molecule has 4 N–H and O–H groups in total. The van der Waals surface area contributed by atoms with Crippen molar-refractivity contribution in [2.45, 2.75) is 31.5 Å². The molecule has 5 heteroatoms. The van der Waals surface area contributed by atoms with Crippen molar-refractivity contribution in [3.8, 4) is 0 Å². The van der Waals surface area contributed by atoms with Crippen molar-refractivity contribution >= 4 is 0 Å². The zero-order chi connectivity index (χ0) is 10.0. The molecule has 0 aliphatic carbocycles. The fourth-order valence-electron chi connectivity index (χ4n) is 1.68. The number of methoxy groups -OCH3 is 1. The van der Waals surface area contributed by atoms with Gasteiger partial charge in [0, 0.05) is 13.0 Å². The van der Waals surface area contributed by atoms with E-state index in [4.69, 9.17) is 20.3 Å². The highest BCUT2D eigenvalue weighted by molar-refractivity contribution is 4.89. The summed E-state index contributed by atoms with van der Waals surface area (Å²) in [6, 6.07) is -0.465. The Labute approximate surface area is 77.4 Å². The number of rotatable bonds is 2. The minimum atomic E-state index is -1.02. The third-order valence-corrected chi connectivity index (χ3v) is 2.59. The van der Waals surface area contributed by atoms with Gasteiger partial charge in [0.2, 0.25) is 0 Å². The maximum Gasteiger partial charge on any atom is 0.170 e. The Morgan fingerprint density at radius 2 is 2.15 bits per heavy atom. The molecular weight excluding hydrogens is 174 g/mol. The standard InChI is InChI=1S/C8H17NO4/c1-4-6(9)8(11)13-5(3-10)7(4)12-2/h4-8,10-11H,3,9H2,1-2H3/t4-,5-,6?,7-,8-/m1/s1. The summed E-state index contributed by atoms with van der Waals surface area (Å²) in [5.74, 6) is -0.0362. The number of hydrogen-bond donors (Lipinski definition) is 3. The summed E-state index contributed by atoms with van der Waals surface area (Å²) in [4.78, 5) is 0. The lowest BCUT2D eigenvalue weighted by atomic mass is 9.89. The Morgan fingerprint density at radius 3 is 2.62 bits per heavy atom. The molecule has 5 nitrogen and oxygen atoms in total. The fraction of sp³-hybridized carbons (Fsp3) is 1.00. The summed E-state index contributed by atoms with van der Waals surface area (Å²) in [7, 11) is 1.54. The molecule has 1 aliphatic rings. The van der Waals surface area contributed by atoms with Gasteiger partial charge in [-0.25, -0.2) is 0 Å². The first kappa shape index (κ1) is 10.9. The summed E-state index contributed by atoms with van der Waals surface area (Å²) in [5, 5.41) is 18.3. The second-order valence-corrected chi connectivity index (χ2v) is 3.38. The highest BCUT2D eigenvalue weighted by Crippen LogP contribution is 2.25. The molecule has 1 aliphatic heterocycles. The van der Waals surface area contributed by atoms with E-state index in [9.17, 15) is 5.11 Å². The highest BCUT2D eigenvalue weighted by Gasteiger charge is 2.40. The Hall–Kier alpha value is -0.200. The Balaban J connectivity index is 2.69. The molecule has 13 heavy (non-hydrogen) atoms. The van der Waals surface area contributed by atoms with E-state index in [2.05, 4.69) is 0 Å². The van der Waals surface area contributed by atoms with Crippen molar-refractivity contribution in [3.63, 3.8) is 0 Å². The molecule has 0 aromatic carbocycles. The molecule has 1 unspecified atom stereocenters. The van der Waals surface area contributed by atoms with Gasteiger partial charge in [-0.15, -0.1) is 0 Å². The third kappa shape index (κ3) is 2.00. The van der Waals surface area contributed by atoms with E-state index < -0.39 is 18.4 Å². The Bertz CT molecular complexity index is 164. The summed E-state index contributed by atoms with van der Waals surface area (Å²) in [6.07, 6.45) is -1.77. The van der Waals surface area contributed by atoms with Crippen LogP contribution in [0.4, 0.5) is 0 Å². The van der Waals surface area contributed by atoms with Gasteiger partial charge in [-0.1, -0.05) is 6.92 Å². The molecule has 78 valence electrons. The SMILES string of the molecule is CO[C@@H]1[C@H](C)C(N)[C@H](O)O[C@@H]1CO. The Morgan fingerprint density at radius 1 is 1.54 bits per heavy atom. The van der Waals surface area contributed by atoms with Gasteiger partial charge in [0.15, 0.2) is 6.29 Å². The molecule has 1 heterocycles. The van der Waals surface area contributed by atoms with Crippen LogP contribution in [0.5, 0.6) is 0 Å². The van der Waals surface area contributed by atoms with Crippen molar-refractivity contribution in [1.82, 2.24) is 0 Å². The minimum absolute atomic E-state index is 0.0362. The quantitative estimate of drug-likeness (QED) is 0.504. The monoisotopic (exact) mass is 191 g/mol. The van der Waals surface area contributed by atoms with Crippen molar-refractivity contribution in [2.75, 3.05) is 13.7 Å². The highest BCUT2D eigenvalue weighted by atomic mass is 16.6. The summed E-state index contributed by atoms with van der Waals surface area (Å²) in [5.41, 5.74) is 5.67. The van der Waals surface area contributed by atoms with E-state index in [1.54, 1.807) is 0 Å². The summed E-state index contributed by atoms with van der Waals surface area (Å²) < 4.78 is 10.2. The molecule has 0 aromatic rings. The molecule has 0 saturated carbocycles. The maximum atomic E-state index is 9.35. The van der Waals surface area contributed by atoms with Crippen LogP contribution in [0.1, 0.15) is 6.92 Å². The molecule has 0 amide bonds. The van der Waals surface area contributed by atoms with Crippen molar-refractivity contribution in [3.05, 3.63) is 0 Å². The van der Waals surface area contributed by atoms with Crippen LogP contribution in [-0.2, 0) is 9.47 Å². The number of ether oxygens (including phenoxy) is 2. The first-order valence-electron chi connectivity index (χ1n) is 4.34. The molecule has 1 fully saturated rings. The largest absolute Gasteiger partial charge is 0.394 e. The van der Waals surface area contributed by atoms with Gasteiger partial charge in [0.25, 0.3) is 0 Å². The zero-order valence-electron chi connectivity index (χ0n) is 7.88. The predicted molar refractivity (Wildman–Crippen MR) is 45.9 cm³/mol. The second-order valence-electron chi connectivity index (χ2n) is 3.38. The number of aliphatic hydroxyl groups excluding tert-OH is 2. The van der Waals surface area contributed by atoms with Gasteiger partial charge < -0.3 is 25.4 Å². The average Bonchev–Trinajstić information content (AvgIpc) is 2.13. The second kappa shape index (κ2) is 4.34. The van der Waals surface area contributed by atoms with Crippen molar-refractivity contribution < 1.29 is 19.7 Å². The van der Waals surface area contributed by atoms with E-state index in [0.29, 0.717) is 0 Å². The van der Waals surface area contributed by atoms with Gasteiger partial charge in [-0.2, -0.15) is 0 Å². The first-order valence-corrected chi connectivity index (χ1v) is 4.34. The van der Waals surface area contributed by atoms with Crippen LogP contribution in [0, 0.1) is 5.92 Å². The normalized spacial score (nSPS) is 46.4. The molecule has 0 aromatic heterocycles. The fourth-order valence-corrected chi connectivity index (χ4v) is 1.68. The van der Waals surface area contributed by atoms with E-state index in [1.807, 2.05) is 6.92 Å². The number of hydrogen-bond acceptors (Lipinski definition) is 5. The topological polar surface area (TPSA) is 84.9 Å². The lowest BCUT2D eigenvalue weighted by Crippen LogP contribution is -2.58. The van der Waals surface area contributed by atoms with E-state index in [-0.39, 0.29) is 18.6 Å². The molecule has 1 rings (SSSR count). The number of nitrogens with two attached hydrogens (primary N) is 1. The lowest BCUT2D eigenvalue weighted by molar-refractivity contribution is -0.238. The van der Waals surface area contributed by atoms with Gasteiger partial charge in [-0.3, -0.25) is 0 Å². The van der Waals surface area contributed by atoms with Gasteiger partial charge in [0.05, 0.1) is 18.8 Å². The molecule has 5 atom stereocenters. The van der Waals surface area contributed by atoms with Gasteiger partial charge in [-0.05, 0) is 0 Å². The molecule has 0 bridgehead atoms. The average molecular weight is 191 g/mol. The Kier molecular flexibility index (Phi) is 3.63. The minimum Gasteiger partial charge on any atom is -0.394 e. The van der Waals surface area contributed by atoms with E-state index >= 15 is 0 Å². The van der Waals surface area contributed by atoms with Crippen molar-refractivity contribution in [2.24, 2.45) is 11.7 Å². The van der Waals surface area contributed by atoms with Crippen molar-refractivity contribution in [1.29, 1.82) is 0 Å². The van der Waals surface area contributed by atoms with Crippen LogP contribution in [0.15, 0.2) is 0 Å². The molecule has 1 saturated heterocycles. The van der Waals surface area contributed by atoms with Crippen LogP contribution in [0.3, 0.4) is 0 Å². The van der Waals surface area contributed by atoms with Crippen LogP contribution < -0.4 is 5.73 Å². The molecular formula is C8H17NO4. The first-order chi connectivity index (χ1) is 6.11. The van der Waals surface area contributed by atoms with E-state index in [1.165, 1.54) is 7.11 Å². The lowest BCUT2D eigenvalue weighted by Gasteiger charge is -2.41. The van der Waals surface area contributed by atoms with E-state index in [0.717, 1.165) is 0 Å². The third-order valence-electron chi connectivity index (χ3n) is 2.59. The zero-order valence-corrected chi connectivity index (χ0v) is 7.88. The predicted octanol–water partition coefficient (Wildman–Crippen LogP) is -1.33.